The van der Waals surface area contributed by atoms with E-state index in [0.29, 0.717) is 74.4 Å². The molecular formula is C27H30N4O5S. The maximum absolute atomic E-state index is 13.9. The second-order valence-corrected chi connectivity index (χ2v) is 10.6. The van der Waals surface area contributed by atoms with Crippen LogP contribution < -0.4 is 16.1 Å². The van der Waals surface area contributed by atoms with Crippen molar-refractivity contribution in [3.8, 4) is 0 Å². The molecule has 2 aromatic heterocycles. The molecule has 2 fully saturated rings. The molecule has 0 unspecified atom stereocenters. The molecule has 194 valence electrons. The summed E-state index contributed by atoms with van der Waals surface area (Å²) in [6, 6.07) is 10.1. The number of hydrogen-bond donors (Lipinski definition) is 2. The normalized spacial score (nSPS) is 17.9. The van der Waals surface area contributed by atoms with Gasteiger partial charge in [0.1, 0.15) is 11.1 Å². The number of carbonyl (C=O) groups is 3. The van der Waals surface area contributed by atoms with E-state index in [1.165, 1.54) is 17.4 Å². The quantitative estimate of drug-likeness (QED) is 0.544. The number of hydrogen-bond acceptors (Lipinski definition) is 7. The Hall–Kier alpha value is -3.50. The third-order valence-electron chi connectivity index (χ3n) is 7.13. The van der Waals surface area contributed by atoms with Crippen LogP contribution in [0.25, 0.3) is 11.0 Å². The zero-order chi connectivity index (χ0) is 26.0. The van der Waals surface area contributed by atoms with Crippen LogP contribution in [-0.4, -0.2) is 72.3 Å². The molecule has 3 aromatic rings. The van der Waals surface area contributed by atoms with Crippen LogP contribution >= 0.6 is 11.3 Å². The van der Waals surface area contributed by atoms with E-state index in [1.807, 2.05) is 30.5 Å². The van der Waals surface area contributed by atoms with Crippen molar-refractivity contribution in [2.45, 2.75) is 31.7 Å². The number of carbonyl (C=O) groups excluding carboxylic acids is 3. The molecule has 3 amide bonds. The Morgan fingerprint density at radius 3 is 2.54 bits per heavy atom. The summed E-state index contributed by atoms with van der Waals surface area (Å²) in [6.45, 7) is 4.93. The molecular weight excluding hydrogens is 492 g/mol. The second-order valence-electron chi connectivity index (χ2n) is 9.68. The van der Waals surface area contributed by atoms with Gasteiger partial charge in [0, 0.05) is 32.2 Å². The summed E-state index contributed by atoms with van der Waals surface area (Å²) >= 11 is 1.41. The molecule has 5 rings (SSSR count). The first kappa shape index (κ1) is 25.2. The highest BCUT2D eigenvalue weighted by molar-refractivity contribution is 7.12. The average Bonchev–Trinajstić information content (AvgIpc) is 3.33. The van der Waals surface area contributed by atoms with Crippen LogP contribution in [0.4, 0.5) is 0 Å². The van der Waals surface area contributed by atoms with Gasteiger partial charge in [0.15, 0.2) is 11.2 Å². The van der Waals surface area contributed by atoms with Crippen molar-refractivity contribution in [3.63, 3.8) is 0 Å². The van der Waals surface area contributed by atoms with Gasteiger partial charge in [-0.05, 0) is 62.9 Å². The number of thiophene rings is 1. The summed E-state index contributed by atoms with van der Waals surface area (Å²) in [4.78, 5) is 57.0. The van der Waals surface area contributed by atoms with Gasteiger partial charge in [-0.2, -0.15) is 0 Å². The van der Waals surface area contributed by atoms with E-state index in [4.69, 9.17) is 4.42 Å². The summed E-state index contributed by atoms with van der Waals surface area (Å²) in [5.74, 6) is -0.878. The predicted octanol–water partition coefficient (Wildman–Crippen LogP) is 2.39. The van der Waals surface area contributed by atoms with Gasteiger partial charge in [-0.25, -0.2) is 0 Å². The predicted molar refractivity (Wildman–Crippen MR) is 141 cm³/mol. The lowest BCUT2D eigenvalue weighted by molar-refractivity contribution is -0.139. The molecule has 2 aliphatic heterocycles. The van der Waals surface area contributed by atoms with E-state index in [2.05, 4.69) is 10.6 Å². The van der Waals surface area contributed by atoms with Crippen molar-refractivity contribution in [3.05, 3.63) is 68.2 Å². The Morgan fingerprint density at radius 1 is 1.03 bits per heavy atom. The van der Waals surface area contributed by atoms with Gasteiger partial charge in [0.2, 0.25) is 5.91 Å². The number of nitrogens with zero attached hydrogens (tertiary/aromatic N) is 2. The molecule has 0 bridgehead atoms. The van der Waals surface area contributed by atoms with Crippen LogP contribution in [0, 0.1) is 6.92 Å². The van der Waals surface area contributed by atoms with Crippen molar-refractivity contribution in [2.24, 2.45) is 0 Å². The van der Waals surface area contributed by atoms with Gasteiger partial charge < -0.3 is 24.9 Å². The summed E-state index contributed by atoms with van der Waals surface area (Å²) in [5.41, 5.74) is -0.166. The minimum Gasteiger partial charge on any atom is -0.451 e. The fourth-order valence-corrected chi connectivity index (χ4v) is 5.78. The molecule has 4 heterocycles. The molecule has 2 aliphatic rings. The van der Waals surface area contributed by atoms with Crippen molar-refractivity contribution >= 4 is 40.0 Å². The molecule has 37 heavy (non-hydrogen) atoms. The van der Waals surface area contributed by atoms with Crippen LogP contribution in [0.2, 0.25) is 0 Å². The molecule has 0 saturated carbocycles. The van der Waals surface area contributed by atoms with E-state index in [9.17, 15) is 19.2 Å². The van der Waals surface area contributed by atoms with Crippen molar-refractivity contribution < 1.29 is 18.8 Å². The third-order valence-corrected chi connectivity index (χ3v) is 7.99. The minimum atomic E-state index is -1.12. The van der Waals surface area contributed by atoms with E-state index < -0.39 is 11.4 Å². The molecule has 0 spiro atoms. The Kier molecular flexibility index (Phi) is 7.12. The number of piperidine rings is 1. The number of nitrogens with one attached hydrogen (secondary N) is 2. The monoisotopic (exact) mass is 522 g/mol. The van der Waals surface area contributed by atoms with Crippen LogP contribution in [0.15, 0.2) is 51.0 Å². The lowest BCUT2D eigenvalue weighted by atomic mass is 9.86. The summed E-state index contributed by atoms with van der Waals surface area (Å²) in [6.07, 6.45) is 1.50. The SMILES string of the molecule is Cc1ccc2oc(C(=O)NC3(C(=O)N4CCCN(C(=O)c5cccs5)CC4)CCNCC3)cc(=O)c2c1. The largest absolute Gasteiger partial charge is 0.451 e. The second kappa shape index (κ2) is 10.5. The Balaban J connectivity index is 1.35. The average molecular weight is 523 g/mol. The molecule has 0 atom stereocenters. The first-order chi connectivity index (χ1) is 17.9. The first-order valence-electron chi connectivity index (χ1n) is 12.6. The lowest BCUT2D eigenvalue weighted by Crippen LogP contribution is -2.63. The van der Waals surface area contributed by atoms with Gasteiger partial charge >= 0.3 is 0 Å². The van der Waals surface area contributed by atoms with Crippen LogP contribution in [0.1, 0.15) is 45.1 Å². The maximum atomic E-state index is 13.9. The standard InChI is InChI=1S/C27H30N4O5S/c1-18-5-6-21-19(16-18)20(32)17-22(36-21)24(33)29-27(7-9-28-10-8-27)26(35)31-12-3-11-30(13-14-31)25(34)23-4-2-15-37-23/h2,4-6,15-17,28H,3,7-14H2,1H3,(H,29,33). The lowest BCUT2D eigenvalue weighted by Gasteiger charge is -2.40. The highest BCUT2D eigenvalue weighted by atomic mass is 32.1. The van der Waals surface area contributed by atoms with Gasteiger partial charge in [-0.1, -0.05) is 17.7 Å². The molecule has 2 saturated heterocycles. The number of fused-ring (bicyclic) bond motifs is 1. The first-order valence-corrected chi connectivity index (χ1v) is 13.4. The van der Waals surface area contributed by atoms with Crippen molar-refractivity contribution in [1.82, 2.24) is 20.4 Å². The maximum Gasteiger partial charge on any atom is 0.288 e. The fraction of sp³-hybridized carbons (Fsp3) is 0.407. The van der Waals surface area contributed by atoms with Crippen LogP contribution in [0.5, 0.6) is 0 Å². The van der Waals surface area contributed by atoms with E-state index >= 15 is 0 Å². The Bertz CT molecular complexity index is 1380. The van der Waals surface area contributed by atoms with E-state index in [-0.39, 0.29) is 23.0 Å². The molecule has 2 N–H and O–H groups in total. The summed E-state index contributed by atoms with van der Waals surface area (Å²) in [7, 11) is 0. The highest BCUT2D eigenvalue weighted by Crippen LogP contribution is 2.24. The van der Waals surface area contributed by atoms with Gasteiger partial charge in [-0.15, -0.1) is 11.3 Å². The van der Waals surface area contributed by atoms with Crippen molar-refractivity contribution in [2.75, 3.05) is 39.3 Å². The molecule has 0 radical (unpaired) electrons. The fourth-order valence-electron chi connectivity index (χ4n) is 5.09. The molecule has 9 nitrogen and oxygen atoms in total. The smallest absolute Gasteiger partial charge is 0.288 e. The molecule has 0 aliphatic carbocycles. The van der Waals surface area contributed by atoms with E-state index in [0.717, 1.165) is 5.56 Å². The van der Waals surface area contributed by atoms with Crippen LogP contribution in [0.3, 0.4) is 0 Å². The number of amides is 3. The minimum absolute atomic E-state index is 0.0179. The number of aryl methyl sites for hydroxylation is 1. The number of rotatable bonds is 4. The van der Waals surface area contributed by atoms with Crippen molar-refractivity contribution in [1.29, 1.82) is 0 Å². The summed E-state index contributed by atoms with van der Waals surface area (Å²) < 4.78 is 5.77. The molecule has 1 aromatic carbocycles. The Morgan fingerprint density at radius 2 is 1.78 bits per heavy atom. The number of benzene rings is 1. The van der Waals surface area contributed by atoms with Gasteiger partial charge in [-0.3, -0.25) is 19.2 Å². The third kappa shape index (κ3) is 5.17. The topological polar surface area (TPSA) is 112 Å². The summed E-state index contributed by atoms with van der Waals surface area (Å²) in [5, 5.41) is 8.49. The zero-order valence-electron chi connectivity index (χ0n) is 20.7. The van der Waals surface area contributed by atoms with E-state index in [1.54, 1.807) is 21.9 Å². The Labute approximate surface area is 218 Å². The zero-order valence-corrected chi connectivity index (χ0v) is 21.6. The highest BCUT2D eigenvalue weighted by Gasteiger charge is 2.44. The van der Waals surface area contributed by atoms with Gasteiger partial charge in [0.05, 0.1) is 10.3 Å². The molecule has 10 heteroatoms. The van der Waals surface area contributed by atoms with Crippen LogP contribution in [-0.2, 0) is 4.79 Å². The van der Waals surface area contributed by atoms with Gasteiger partial charge in [0.25, 0.3) is 11.8 Å².